The zero-order valence-corrected chi connectivity index (χ0v) is 10.5. The third kappa shape index (κ3) is 3.04. The summed E-state index contributed by atoms with van der Waals surface area (Å²) in [5.41, 5.74) is 0.952. The molecule has 1 aromatic rings. The van der Waals surface area contributed by atoms with Crippen molar-refractivity contribution in [2.75, 3.05) is 6.61 Å². The average Bonchev–Trinajstić information content (AvgIpc) is 2.63. The Kier molecular flexibility index (Phi) is 3.56. The van der Waals surface area contributed by atoms with E-state index in [0.717, 1.165) is 5.56 Å². The molecule has 1 aromatic heterocycles. The second-order valence-corrected chi connectivity index (χ2v) is 4.69. The Morgan fingerprint density at radius 3 is 2.67 bits per heavy atom. The first kappa shape index (κ1) is 12.5. The Labute approximate surface area is 105 Å². The molecule has 0 aliphatic carbocycles. The van der Waals surface area contributed by atoms with Gasteiger partial charge in [-0.05, 0) is 24.6 Å². The summed E-state index contributed by atoms with van der Waals surface area (Å²) >= 11 is 0. The summed E-state index contributed by atoms with van der Waals surface area (Å²) < 4.78 is 34.4. The fourth-order valence-corrected chi connectivity index (χ4v) is 2.11. The van der Waals surface area contributed by atoms with Gasteiger partial charge < -0.3 is 10.1 Å². The number of hydrogen-bond acceptors (Lipinski definition) is 5. The smallest absolute Gasteiger partial charge is 0.368 e. The highest BCUT2D eigenvalue weighted by atomic mass is 32.2. The average molecular weight is 268 g/mol. The van der Waals surface area contributed by atoms with Crippen molar-refractivity contribution in [1.82, 2.24) is 10.3 Å². The van der Waals surface area contributed by atoms with Gasteiger partial charge in [-0.1, -0.05) is 0 Å². The monoisotopic (exact) mass is 268 g/mol. The van der Waals surface area contributed by atoms with Crippen molar-refractivity contribution < 1.29 is 13.2 Å². The molecule has 0 aromatic carbocycles. The molecule has 96 valence electrons. The molecule has 2 heterocycles. The second-order valence-electron chi connectivity index (χ2n) is 3.43. The van der Waals surface area contributed by atoms with Crippen LogP contribution in [0.15, 0.2) is 33.3 Å². The summed E-state index contributed by atoms with van der Waals surface area (Å²) in [5, 5.41) is 2.88. The third-order valence-electron chi connectivity index (χ3n) is 2.10. The summed E-state index contributed by atoms with van der Waals surface area (Å²) in [5.74, 6) is 0.139. The van der Waals surface area contributed by atoms with Gasteiger partial charge in [0, 0.05) is 18.9 Å². The van der Waals surface area contributed by atoms with Crippen LogP contribution in [0.4, 0.5) is 0 Å². The maximum atomic E-state index is 11.2. The lowest BCUT2D eigenvalue weighted by Crippen LogP contribution is -2.30. The van der Waals surface area contributed by atoms with Crippen molar-refractivity contribution in [1.29, 1.82) is 0 Å². The molecular weight excluding hydrogens is 256 g/mol. The Bertz CT molecular complexity index is 580. The summed E-state index contributed by atoms with van der Waals surface area (Å²) in [6.07, 6.45) is 3.31. The highest BCUT2D eigenvalue weighted by Crippen LogP contribution is 2.07. The van der Waals surface area contributed by atoms with Crippen molar-refractivity contribution in [2.24, 2.45) is 8.80 Å². The molecule has 0 spiro atoms. The van der Waals surface area contributed by atoms with Gasteiger partial charge in [0.05, 0.1) is 6.61 Å². The molecule has 7 nitrogen and oxygen atoms in total. The van der Waals surface area contributed by atoms with E-state index in [1.165, 1.54) is 0 Å². The Balaban J connectivity index is 2.07. The van der Waals surface area contributed by atoms with Crippen LogP contribution in [-0.2, 0) is 21.5 Å². The van der Waals surface area contributed by atoms with Crippen molar-refractivity contribution in [3.05, 3.63) is 30.1 Å². The van der Waals surface area contributed by atoms with Gasteiger partial charge in [-0.3, -0.25) is 4.98 Å². The Morgan fingerprint density at radius 2 is 2.00 bits per heavy atom. The van der Waals surface area contributed by atoms with E-state index in [9.17, 15) is 8.42 Å². The molecule has 1 N–H and O–H groups in total. The number of pyridine rings is 1. The first-order valence-electron chi connectivity index (χ1n) is 5.31. The van der Waals surface area contributed by atoms with Crippen molar-refractivity contribution in [2.45, 2.75) is 13.5 Å². The maximum absolute atomic E-state index is 11.2. The zero-order chi connectivity index (χ0) is 13.0. The van der Waals surface area contributed by atoms with Crippen LogP contribution in [0.1, 0.15) is 12.5 Å². The SMILES string of the molecule is CCOC1=NS(=O)(=O)N=C1NCc1ccncc1. The minimum atomic E-state index is -3.80. The molecule has 2 rings (SSSR count). The fraction of sp³-hybridized carbons (Fsp3) is 0.300. The number of nitrogens with zero attached hydrogens (tertiary/aromatic N) is 3. The van der Waals surface area contributed by atoms with Crippen LogP contribution in [0.2, 0.25) is 0 Å². The minimum Gasteiger partial charge on any atom is -0.475 e. The zero-order valence-electron chi connectivity index (χ0n) is 9.70. The summed E-state index contributed by atoms with van der Waals surface area (Å²) in [6.45, 7) is 2.49. The van der Waals surface area contributed by atoms with E-state index in [1.807, 2.05) is 12.1 Å². The standard InChI is InChI=1S/C10H12N4O3S/c1-2-17-10-9(13-18(15,16)14-10)12-7-8-3-5-11-6-4-8/h3-6H,2,7H2,1H3,(H,12,13). The lowest BCUT2D eigenvalue weighted by atomic mass is 10.3. The Hall–Kier alpha value is -1.96. The van der Waals surface area contributed by atoms with Crippen LogP contribution in [0.25, 0.3) is 0 Å². The largest absolute Gasteiger partial charge is 0.475 e. The second kappa shape index (κ2) is 5.13. The van der Waals surface area contributed by atoms with Crippen LogP contribution in [-0.4, -0.2) is 31.7 Å². The maximum Gasteiger partial charge on any atom is 0.368 e. The normalized spacial score (nSPS) is 16.9. The van der Waals surface area contributed by atoms with Gasteiger partial charge in [-0.25, -0.2) is 0 Å². The molecule has 1 aliphatic rings. The van der Waals surface area contributed by atoms with Gasteiger partial charge in [0.25, 0.3) is 5.90 Å². The summed E-state index contributed by atoms with van der Waals surface area (Å²) in [4.78, 5) is 3.89. The molecule has 0 amide bonds. The molecule has 1 aliphatic heterocycles. The number of ether oxygens (including phenoxy) is 1. The van der Waals surface area contributed by atoms with Crippen molar-refractivity contribution in [3.63, 3.8) is 0 Å². The first-order chi connectivity index (χ1) is 8.61. The van der Waals surface area contributed by atoms with E-state index in [1.54, 1.807) is 19.3 Å². The molecule has 8 heteroatoms. The molecule has 18 heavy (non-hydrogen) atoms. The van der Waals surface area contributed by atoms with Crippen LogP contribution in [0.3, 0.4) is 0 Å². The number of rotatable bonds is 3. The quantitative estimate of drug-likeness (QED) is 0.849. The number of hydrogen-bond donors (Lipinski definition) is 1. The molecule has 0 unspecified atom stereocenters. The van der Waals surface area contributed by atoms with Gasteiger partial charge in [-0.15, -0.1) is 8.80 Å². The van der Waals surface area contributed by atoms with E-state index in [2.05, 4.69) is 19.1 Å². The molecule has 0 saturated carbocycles. The molecular formula is C10H12N4O3S. The lowest BCUT2D eigenvalue weighted by Gasteiger charge is -2.07. The van der Waals surface area contributed by atoms with E-state index >= 15 is 0 Å². The minimum absolute atomic E-state index is 0.00607. The van der Waals surface area contributed by atoms with Gasteiger partial charge in [0.2, 0.25) is 5.84 Å². The van der Waals surface area contributed by atoms with Crippen LogP contribution in [0.5, 0.6) is 0 Å². The number of amidine groups is 1. The first-order valence-corrected chi connectivity index (χ1v) is 6.71. The van der Waals surface area contributed by atoms with Gasteiger partial charge in [0.15, 0.2) is 0 Å². The highest BCUT2D eigenvalue weighted by Gasteiger charge is 2.25. The van der Waals surface area contributed by atoms with E-state index in [-0.39, 0.29) is 11.7 Å². The third-order valence-corrected chi connectivity index (χ3v) is 2.91. The summed E-state index contributed by atoms with van der Waals surface area (Å²) in [6, 6.07) is 3.63. The number of aromatic nitrogens is 1. The fourth-order valence-electron chi connectivity index (χ4n) is 1.35. The van der Waals surface area contributed by atoms with Crippen molar-refractivity contribution >= 4 is 21.9 Å². The molecule has 0 atom stereocenters. The van der Waals surface area contributed by atoms with Gasteiger partial charge >= 0.3 is 10.2 Å². The predicted molar refractivity (Wildman–Crippen MR) is 66.5 cm³/mol. The van der Waals surface area contributed by atoms with Crippen molar-refractivity contribution in [3.8, 4) is 0 Å². The van der Waals surface area contributed by atoms with Crippen LogP contribution < -0.4 is 5.32 Å². The van der Waals surface area contributed by atoms with Gasteiger partial charge in [-0.2, -0.15) is 8.42 Å². The van der Waals surface area contributed by atoms with Crippen LogP contribution in [0, 0.1) is 0 Å². The van der Waals surface area contributed by atoms with Gasteiger partial charge in [0.1, 0.15) is 0 Å². The van der Waals surface area contributed by atoms with E-state index in [4.69, 9.17) is 4.74 Å². The number of nitrogens with one attached hydrogen (secondary N) is 1. The van der Waals surface area contributed by atoms with E-state index < -0.39 is 10.2 Å². The van der Waals surface area contributed by atoms with E-state index in [0.29, 0.717) is 13.2 Å². The highest BCUT2D eigenvalue weighted by molar-refractivity contribution is 7.89. The summed E-state index contributed by atoms with van der Waals surface area (Å²) in [7, 11) is -3.80. The van der Waals surface area contributed by atoms with Crippen LogP contribution >= 0.6 is 0 Å². The predicted octanol–water partition coefficient (Wildman–Crippen LogP) is 0.263. The topological polar surface area (TPSA) is 93.0 Å². The molecule has 0 fully saturated rings. The molecule has 0 bridgehead atoms. The molecule has 0 saturated heterocycles. The molecule has 0 radical (unpaired) electrons. The lowest BCUT2D eigenvalue weighted by molar-refractivity contribution is 0.334. The Morgan fingerprint density at radius 1 is 1.28 bits per heavy atom.